The molecule has 138 valence electrons. The van der Waals surface area contributed by atoms with E-state index in [4.69, 9.17) is 16.3 Å². The van der Waals surface area contributed by atoms with Gasteiger partial charge in [-0.3, -0.25) is 24.4 Å². The van der Waals surface area contributed by atoms with Gasteiger partial charge in [-0.25, -0.2) is 0 Å². The smallest absolute Gasteiger partial charge is 0.310 e. The van der Waals surface area contributed by atoms with Gasteiger partial charge >= 0.3 is 5.97 Å². The maximum absolute atomic E-state index is 11.9. The number of hydrogen-bond donors (Lipinski definition) is 1. The molecule has 10 heteroatoms. The summed E-state index contributed by atoms with van der Waals surface area (Å²) in [5.41, 5.74) is 2.33. The first-order valence-electron chi connectivity index (χ1n) is 7.57. The number of hydrogen-bond acceptors (Lipinski definition) is 6. The van der Waals surface area contributed by atoms with Crippen LogP contribution >= 0.6 is 11.6 Å². The number of aryl methyl sites for hydroxylation is 2. The van der Waals surface area contributed by atoms with Gasteiger partial charge in [-0.15, -0.1) is 0 Å². The van der Waals surface area contributed by atoms with E-state index in [9.17, 15) is 19.7 Å². The number of anilines is 1. The van der Waals surface area contributed by atoms with Gasteiger partial charge < -0.3 is 10.1 Å². The summed E-state index contributed by atoms with van der Waals surface area (Å²) >= 11 is 5.89. The summed E-state index contributed by atoms with van der Waals surface area (Å²) in [6.45, 7) is 3.13. The second-order valence-electron chi connectivity index (χ2n) is 5.58. The van der Waals surface area contributed by atoms with Gasteiger partial charge in [0.25, 0.3) is 11.6 Å². The van der Waals surface area contributed by atoms with Gasteiger partial charge in [0, 0.05) is 30.4 Å². The van der Waals surface area contributed by atoms with Crippen LogP contribution in [-0.2, 0) is 27.8 Å². The fourth-order valence-corrected chi connectivity index (χ4v) is 2.54. The molecule has 0 unspecified atom stereocenters. The molecule has 0 spiro atoms. The Labute approximate surface area is 154 Å². The quantitative estimate of drug-likeness (QED) is 0.467. The Bertz CT molecular complexity index is 878. The van der Waals surface area contributed by atoms with Crippen LogP contribution in [-0.4, -0.2) is 33.2 Å². The van der Waals surface area contributed by atoms with Gasteiger partial charge in [-0.1, -0.05) is 11.6 Å². The fourth-order valence-electron chi connectivity index (χ4n) is 2.32. The van der Waals surface area contributed by atoms with Crippen LogP contribution in [0.1, 0.15) is 17.0 Å². The molecule has 0 aliphatic rings. The molecule has 1 amide bonds. The van der Waals surface area contributed by atoms with Crippen LogP contribution < -0.4 is 5.32 Å². The van der Waals surface area contributed by atoms with E-state index in [-0.39, 0.29) is 22.8 Å². The van der Waals surface area contributed by atoms with Crippen molar-refractivity contribution in [3.05, 3.63) is 50.3 Å². The lowest BCUT2D eigenvalue weighted by Gasteiger charge is -2.08. The number of carbonyl (C=O) groups excluding carboxylic acids is 2. The highest BCUT2D eigenvalue weighted by Crippen LogP contribution is 2.26. The van der Waals surface area contributed by atoms with Crippen molar-refractivity contribution >= 4 is 34.9 Å². The first-order chi connectivity index (χ1) is 12.2. The number of nitro benzene ring substituents is 1. The van der Waals surface area contributed by atoms with E-state index in [2.05, 4.69) is 10.4 Å². The minimum atomic E-state index is -0.603. The average molecular weight is 381 g/mol. The van der Waals surface area contributed by atoms with E-state index in [0.717, 1.165) is 23.0 Å². The third kappa shape index (κ3) is 4.57. The number of esters is 1. The summed E-state index contributed by atoms with van der Waals surface area (Å²) in [6, 6.07) is 3.64. The van der Waals surface area contributed by atoms with E-state index in [1.165, 1.54) is 12.1 Å². The summed E-state index contributed by atoms with van der Waals surface area (Å²) in [7, 11) is 1.78. The van der Waals surface area contributed by atoms with Gasteiger partial charge in [-0.2, -0.15) is 5.10 Å². The lowest BCUT2D eigenvalue weighted by Crippen LogP contribution is -2.22. The summed E-state index contributed by atoms with van der Waals surface area (Å²) in [5, 5.41) is 17.3. The van der Waals surface area contributed by atoms with Crippen molar-refractivity contribution in [2.45, 2.75) is 20.3 Å². The predicted molar refractivity (Wildman–Crippen MR) is 94.1 cm³/mol. The minimum Gasteiger partial charge on any atom is -0.455 e. The van der Waals surface area contributed by atoms with Crippen LogP contribution in [0, 0.1) is 24.0 Å². The van der Waals surface area contributed by atoms with Crippen molar-refractivity contribution in [3.8, 4) is 0 Å². The SMILES string of the molecule is Cc1nn(C)c(C)c1CC(=O)OCC(=O)Nc1ccc([N+](=O)[O-])cc1Cl. The highest BCUT2D eigenvalue weighted by Gasteiger charge is 2.16. The molecule has 0 aliphatic heterocycles. The molecule has 0 radical (unpaired) electrons. The molecule has 1 heterocycles. The summed E-state index contributed by atoms with van der Waals surface area (Å²) < 4.78 is 6.63. The molecule has 0 atom stereocenters. The lowest BCUT2D eigenvalue weighted by molar-refractivity contribution is -0.384. The molecule has 9 nitrogen and oxygen atoms in total. The molecule has 0 saturated heterocycles. The zero-order valence-electron chi connectivity index (χ0n) is 14.4. The van der Waals surface area contributed by atoms with Crippen molar-refractivity contribution in [1.82, 2.24) is 9.78 Å². The molecule has 1 aromatic heterocycles. The van der Waals surface area contributed by atoms with Crippen LogP contribution in [0.2, 0.25) is 5.02 Å². The number of carbonyl (C=O) groups is 2. The first-order valence-corrected chi connectivity index (χ1v) is 7.95. The maximum Gasteiger partial charge on any atom is 0.310 e. The number of aromatic nitrogens is 2. The second kappa shape index (κ2) is 7.96. The van der Waals surface area contributed by atoms with Gasteiger partial charge in [0.1, 0.15) is 0 Å². The number of halogens is 1. The zero-order valence-corrected chi connectivity index (χ0v) is 15.2. The summed E-state index contributed by atoms with van der Waals surface area (Å²) in [6.07, 6.45) is 0.0110. The Balaban J connectivity index is 1.90. The Morgan fingerprint density at radius 1 is 1.38 bits per heavy atom. The molecule has 0 aliphatic carbocycles. The molecule has 2 rings (SSSR count). The van der Waals surface area contributed by atoms with E-state index in [1.807, 2.05) is 6.92 Å². The normalized spacial score (nSPS) is 10.5. The Kier molecular flexibility index (Phi) is 5.93. The van der Waals surface area contributed by atoms with Gasteiger partial charge in [-0.05, 0) is 19.9 Å². The number of nitrogens with one attached hydrogen (secondary N) is 1. The highest BCUT2D eigenvalue weighted by molar-refractivity contribution is 6.34. The number of non-ortho nitro benzene ring substituents is 1. The van der Waals surface area contributed by atoms with Crippen molar-refractivity contribution < 1.29 is 19.2 Å². The van der Waals surface area contributed by atoms with Crippen LogP contribution in [0.15, 0.2) is 18.2 Å². The Hall–Kier alpha value is -2.94. The van der Waals surface area contributed by atoms with Crippen LogP contribution in [0.3, 0.4) is 0 Å². The molecule has 0 saturated carbocycles. The minimum absolute atomic E-state index is 0.0110. The van der Waals surface area contributed by atoms with Crippen molar-refractivity contribution in [3.63, 3.8) is 0 Å². The maximum atomic E-state index is 11.9. The van der Waals surface area contributed by atoms with Gasteiger partial charge in [0.05, 0.1) is 27.7 Å². The topological polar surface area (TPSA) is 116 Å². The molecular formula is C16H17ClN4O5. The molecule has 0 bridgehead atoms. The van der Waals surface area contributed by atoms with E-state index in [0.29, 0.717) is 0 Å². The molecule has 26 heavy (non-hydrogen) atoms. The van der Waals surface area contributed by atoms with Crippen LogP contribution in [0.5, 0.6) is 0 Å². The third-order valence-electron chi connectivity index (χ3n) is 3.78. The third-order valence-corrected chi connectivity index (χ3v) is 4.09. The van der Waals surface area contributed by atoms with E-state index in [1.54, 1.807) is 18.7 Å². The standard InChI is InChI=1S/C16H17ClN4O5/c1-9-12(10(2)20(3)19-9)7-16(23)26-8-15(22)18-14-5-4-11(21(24)25)6-13(14)17/h4-6H,7-8H2,1-3H3,(H,18,22). The zero-order chi connectivity index (χ0) is 19.4. The molecule has 2 aromatic rings. The van der Waals surface area contributed by atoms with Crippen molar-refractivity contribution in [1.29, 1.82) is 0 Å². The number of nitrogens with zero attached hydrogens (tertiary/aromatic N) is 3. The first kappa shape index (κ1) is 19.4. The number of amides is 1. The molecule has 1 N–H and O–H groups in total. The number of ether oxygens (including phenoxy) is 1. The second-order valence-corrected chi connectivity index (χ2v) is 5.99. The highest BCUT2D eigenvalue weighted by atomic mass is 35.5. The largest absolute Gasteiger partial charge is 0.455 e. The number of benzene rings is 1. The van der Waals surface area contributed by atoms with Gasteiger partial charge in [0.15, 0.2) is 6.61 Å². The molecule has 1 aromatic carbocycles. The van der Waals surface area contributed by atoms with Crippen molar-refractivity contribution in [2.75, 3.05) is 11.9 Å². The monoisotopic (exact) mass is 380 g/mol. The van der Waals surface area contributed by atoms with E-state index < -0.39 is 23.4 Å². The average Bonchev–Trinajstić information content (AvgIpc) is 2.81. The predicted octanol–water partition coefficient (Wildman–Crippen LogP) is 2.32. The Morgan fingerprint density at radius 3 is 2.62 bits per heavy atom. The van der Waals surface area contributed by atoms with Crippen LogP contribution in [0.25, 0.3) is 0 Å². The lowest BCUT2D eigenvalue weighted by atomic mass is 10.1. The molecule has 0 fully saturated rings. The number of nitro groups is 1. The van der Waals surface area contributed by atoms with E-state index >= 15 is 0 Å². The van der Waals surface area contributed by atoms with Crippen LogP contribution in [0.4, 0.5) is 11.4 Å². The summed E-state index contributed by atoms with van der Waals surface area (Å²) in [4.78, 5) is 33.9. The van der Waals surface area contributed by atoms with Gasteiger partial charge in [0.2, 0.25) is 0 Å². The fraction of sp³-hybridized carbons (Fsp3) is 0.312. The van der Waals surface area contributed by atoms with Crippen molar-refractivity contribution in [2.24, 2.45) is 7.05 Å². The molecular weight excluding hydrogens is 364 g/mol. The number of rotatable bonds is 6. The summed E-state index contributed by atoms with van der Waals surface area (Å²) in [5.74, 6) is -1.16. The Morgan fingerprint density at radius 2 is 2.08 bits per heavy atom.